The van der Waals surface area contributed by atoms with Crippen LogP contribution in [0.25, 0.3) is 0 Å². The van der Waals surface area contributed by atoms with E-state index in [0.717, 1.165) is 16.8 Å². The van der Waals surface area contributed by atoms with Gasteiger partial charge >= 0.3 is 0 Å². The fourth-order valence-corrected chi connectivity index (χ4v) is 3.97. The predicted molar refractivity (Wildman–Crippen MR) is 76.9 cm³/mol. The fourth-order valence-electron chi connectivity index (χ4n) is 2.82. The van der Waals surface area contributed by atoms with Crippen molar-refractivity contribution in [1.29, 1.82) is 0 Å². The standard InChI is InChI=1S/C14H22ClNS/c1-2-16-12(13-8-9-14(15)17-13)10-11-6-4-3-5-7-11/h8-9,11-12,16H,2-7,10H2,1H3. The Balaban J connectivity index is 1.96. The molecule has 1 atom stereocenters. The first-order valence-electron chi connectivity index (χ1n) is 6.78. The van der Waals surface area contributed by atoms with E-state index in [9.17, 15) is 0 Å². The Morgan fingerprint density at radius 3 is 2.71 bits per heavy atom. The van der Waals surface area contributed by atoms with Crippen LogP contribution in [0.4, 0.5) is 0 Å². The summed E-state index contributed by atoms with van der Waals surface area (Å²) in [6.45, 7) is 3.22. The molecule has 0 aromatic carbocycles. The van der Waals surface area contributed by atoms with Gasteiger partial charge in [0.25, 0.3) is 0 Å². The number of hydrogen-bond donors (Lipinski definition) is 1. The topological polar surface area (TPSA) is 12.0 Å². The van der Waals surface area contributed by atoms with Gasteiger partial charge in [0.15, 0.2) is 0 Å². The minimum atomic E-state index is 0.514. The van der Waals surface area contributed by atoms with Gasteiger partial charge in [-0.3, -0.25) is 0 Å². The third-order valence-electron chi connectivity index (χ3n) is 3.68. The van der Waals surface area contributed by atoms with E-state index in [1.54, 1.807) is 11.3 Å². The van der Waals surface area contributed by atoms with Crippen molar-refractivity contribution < 1.29 is 0 Å². The molecule has 1 nitrogen and oxygen atoms in total. The molecule has 0 aliphatic heterocycles. The second kappa shape index (κ2) is 6.77. The summed E-state index contributed by atoms with van der Waals surface area (Å²) in [4.78, 5) is 1.41. The Bertz CT molecular complexity index is 331. The molecule has 0 saturated heterocycles. The molecule has 0 amide bonds. The Morgan fingerprint density at radius 1 is 1.35 bits per heavy atom. The lowest BCUT2D eigenvalue weighted by atomic mass is 9.84. The van der Waals surface area contributed by atoms with Crippen molar-refractivity contribution in [3.63, 3.8) is 0 Å². The summed E-state index contributed by atoms with van der Waals surface area (Å²) in [5.41, 5.74) is 0. The molecule has 0 bridgehead atoms. The Morgan fingerprint density at radius 2 is 2.12 bits per heavy atom. The predicted octanol–water partition coefficient (Wildman–Crippen LogP) is 5.02. The summed E-state index contributed by atoms with van der Waals surface area (Å²) in [6, 6.07) is 4.72. The highest BCUT2D eigenvalue weighted by atomic mass is 35.5. The zero-order valence-electron chi connectivity index (χ0n) is 10.5. The van der Waals surface area contributed by atoms with Crippen molar-refractivity contribution in [2.24, 2.45) is 5.92 Å². The van der Waals surface area contributed by atoms with E-state index in [1.165, 1.54) is 43.4 Å². The zero-order valence-corrected chi connectivity index (χ0v) is 12.1. The second-order valence-corrected chi connectivity index (χ2v) is 6.74. The van der Waals surface area contributed by atoms with Crippen molar-refractivity contribution in [3.05, 3.63) is 21.3 Å². The minimum absolute atomic E-state index is 0.514. The monoisotopic (exact) mass is 271 g/mol. The molecule has 0 radical (unpaired) electrons. The van der Waals surface area contributed by atoms with E-state index >= 15 is 0 Å². The highest BCUT2D eigenvalue weighted by Gasteiger charge is 2.20. The van der Waals surface area contributed by atoms with Crippen LogP contribution >= 0.6 is 22.9 Å². The van der Waals surface area contributed by atoms with Gasteiger partial charge in [-0.15, -0.1) is 11.3 Å². The van der Waals surface area contributed by atoms with E-state index < -0.39 is 0 Å². The van der Waals surface area contributed by atoms with E-state index in [0.29, 0.717) is 6.04 Å². The smallest absolute Gasteiger partial charge is 0.0931 e. The molecule has 2 rings (SSSR count). The molecular formula is C14H22ClNS. The lowest BCUT2D eigenvalue weighted by Gasteiger charge is -2.26. The van der Waals surface area contributed by atoms with Crippen LogP contribution in [-0.2, 0) is 0 Å². The van der Waals surface area contributed by atoms with Crippen molar-refractivity contribution in [3.8, 4) is 0 Å². The SMILES string of the molecule is CCNC(CC1CCCCC1)c1ccc(Cl)s1. The van der Waals surface area contributed by atoms with Gasteiger partial charge < -0.3 is 5.32 Å². The molecule has 1 aliphatic rings. The molecule has 96 valence electrons. The normalized spacial score (nSPS) is 19.4. The van der Waals surface area contributed by atoms with E-state index in [2.05, 4.69) is 18.3 Å². The quantitative estimate of drug-likeness (QED) is 0.793. The first kappa shape index (κ1) is 13.4. The molecule has 0 spiro atoms. The molecule has 1 fully saturated rings. The molecule has 1 aliphatic carbocycles. The zero-order chi connectivity index (χ0) is 12.1. The number of hydrogen-bond acceptors (Lipinski definition) is 2. The molecule has 1 unspecified atom stereocenters. The van der Waals surface area contributed by atoms with Gasteiger partial charge in [0.05, 0.1) is 4.34 Å². The molecule has 3 heteroatoms. The van der Waals surface area contributed by atoms with Crippen LogP contribution < -0.4 is 5.32 Å². The van der Waals surface area contributed by atoms with E-state index in [4.69, 9.17) is 11.6 Å². The fraction of sp³-hybridized carbons (Fsp3) is 0.714. The maximum Gasteiger partial charge on any atom is 0.0931 e. The lowest BCUT2D eigenvalue weighted by Crippen LogP contribution is -2.23. The molecule has 1 N–H and O–H groups in total. The maximum absolute atomic E-state index is 6.04. The summed E-state index contributed by atoms with van der Waals surface area (Å²) in [5.74, 6) is 0.911. The second-order valence-electron chi connectivity index (χ2n) is 4.99. The van der Waals surface area contributed by atoms with Crippen LogP contribution in [0.5, 0.6) is 0 Å². The molecule has 1 aromatic rings. The maximum atomic E-state index is 6.04. The lowest BCUT2D eigenvalue weighted by molar-refractivity contribution is 0.303. The van der Waals surface area contributed by atoms with E-state index in [-0.39, 0.29) is 0 Å². The van der Waals surface area contributed by atoms with Crippen LogP contribution in [0.15, 0.2) is 12.1 Å². The van der Waals surface area contributed by atoms with Gasteiger partial charge in [0.1, 0.15) is 0 Å². The third kappa shape index (κ3) is 3.97. The highest BCUT2D eigenvalue weighted by molar-refractivity contribution is 7.16. The van der Waals surface area contributed by atoms with Crippen molar-refractivity contribution in [2.75, 3.05) is 6.54 Å². The average Bonchev–Trinajstić information content (AvgIpc) is 2.77. The van der Waals surface area contributed by atoms with Gasteiger partial charge in [0, 0.05) is 10.9 Å². The highest BCUT2D eigenvalue weighted by Crippen LogP contribution is 2.35. The largest absolute Gasteiger partial charge is 0.310 e. The van der Waals surface area contributed by atoms with Gasteiger partial charge in [-0.2, -0.15) is 0 Å². The summed E-state index contributed by atoms with van der Waals surface area (Å²) in [5, 5.41) is 3.61. The summed E-state index contributed by atoms with van der Waals surface area (Å²) in [6.07, 6.45) is 8.41. The Kier molecular flexibility index (Phi) is 5.33. The first-order chi connectivity index (χ1) is 8.29. The van der Waals surface area contributed by atoms with Crippen LogP contribution in [0.3, 0.4) is 0 Å². The van der Waals surface area contributed by atoms with Crippen molar-refractivity contribution in [1.82, 2.24) is 5.32 Å². The number of halogens is 1. The van der Waals surface area contributed by atoms with Gasteiger partial charge in [-0.05, 0) is 31.0 Å². The minimum Gasteiger partial charge on any atom is -0.310 e. The summed E-state index contributed by atoms with van der Waals surface area (Å²) >= 11 is 7.77. The molecule has 17 heavy (non-hydrogen) atoms. The molecule has 1 aromatic heterocycles. The van der Waals surface area contributed by atoms with Gasteiger partial charge in [-0.1, -0.05) is 50.6 Å². The average molecular weight is 272 g/mol. The molecule has 1 heterocycles. The Hall–Kier alpha value is -0.0500. The van der Waals surface area contributed by atoms with Crippen LogP contribution in [0, 0.1) is 5.92 Å². The van der Waals surface area contributed by atoms with Gasteiger partial charge in [0.2, 0.25) is 0 Å². The van der Waals surface area contributed by atoms with Crippen molar-refractivity contribution in [2.45, 2.75) is 51.5 Å². The molecular weight excluding hydrogens is 250 g/mol. The van der Waals surface area contributed by atoms with E-state index in [1.807, 2.05) is 6.07 Å². The molecule has 1 saturated carbocycles. The van der Waals surface area contributed by atoms with Crippen LogP contribution in [0.2, 0.25) is 4.34 Å². The summed E-state index contributed by atoms with van der Waals surface area (Å²) in [7, 11) is 0. The van der Waals surface area contributed by atoms with Crippen molar-refractivity contribution >= 4 is 22.9 Å². The third-order valence-corrected chi connectivity index (χ3v) is 5.03. The summed E-state index contributed by atoms with van der Waals surface area (Å²) < 4.78 is 0.909. The first-order valence-corrected chi connectivity index (χ1v) is 7.97. The van der Waals surface area contributed by atoms with Gasteiger partial charge in [-0.25, -0.2) is 0 Å². The Labute approximate surface area is 114 Å². The number of rotatable bonds is 5. The van der Waals surface area contributed by atoms with Crippen LogP contribution in [0.1, 0.15) is 56.4 Å². The number of thiophene rings is 1. The van der Waals surface area contributed by atoms with Crippen LogP contribution in [-0.4, -0.2) is 6.54 Å². The number of nitrogens with one attached hydrogen (secondary N) is 1.